The van der Waals surface area contributed by atoms with Crippen molar-refractivity contribution < 1.29 is 19.0 Å². The predicted molar refractivity (Wildman–Crippen MR) is 107 cm³/mol. The highest BCUT2D eigenvalue weighted by Gasteiger charge is 2.67. The van der Waals surface area contributed by atoms with Crippen LogP contribution in [0, 0.1) is 34.4 Å². The van der Waals surface area contributed by atoms with E-state index in [0.717, 1.165) is 30.4 Å². The van der Waals surface area contributed by atoms with Gasteiger partial charge in [-0.2, -0.15) is 0 Å². The van der Waals surface area contributed by atoms with Gasteiger partial charge in [-0.05, 0) is 78.9 Å². The minimum Gasteiger partial charge on any atom is -0.393 e. The molecular weight excluding hydrogens is 372 g/mol. The summed E-state index contributed by atoms with van der Waals surface area (Å²) < 4.78 is 29.3. The van der Waals surface area contributed by atoms with Gasteiger partial charge >= 0.3 is 0 Å². The molecule has 8 atom stereocenters. The normalized spacial score (nSPS) is 49.0. The van der Waals surface area contributed by atoms with Crippen LogP contribution in [-0.4, -0.2) is 33.1 Å². The summed E-state index contributed by atoms with van der Waals surface area (Å²) in [6.45, 7) is 4.31. The topological polar surface area (TPSA) is 53.4 Å². The van der Waals surface area contributed by atoms with Crippen LogP contribution in [0.25, 0.3) is 5.57 Å². The van der Waals surface area contributed by atoms with Crippen molar-refractivity contribution in [2.24, 2.45) is 28.6 Å². The molecule has 2 unspecified atom stereocenters. The maximum absolute atomic E-state index is 15.5. The van der Waals surface area contributed by atoms with Gasteiger partial charge in [0.2, 0.25) is 0 Å². The molecule has 2 N–H and O–H groups in total. The van der Waals surface area contributed by atoms with Crippen LogP contribution in [0.2, 0.25) is 0 Å². The van der Waals surface area contributed by atoms with Crippen LogP contribution in [0.15, 0.2) is 24.5 Å². The first-order valence-electron chi connectivity index (χ1n) is 11.0. The molecule has 0 saturated heterocycles. The van der Waals surface area contributed by atoms with Crippen molar-refractivity contribution in [1.82, 2.24) is 4.98 Å². The molecule has 0 spiro atoms. The van der Waals surface area contributed by atoms with E-state index >= 15 is 4.39 Å². The average molecular weight is 404 g/mol. The van der Waals surface area contributed by atoms with E-state index in [0.29, 0.717) is 25.2 Å². The first kappa shape index (κ1) is 19.6. The molecule has 4 aliphatic carbocycles. The van der Waals surface area contributed by atoms with Crippen LogP contribution in [0.5, 0.6) is 0 Å². The Morgan fingerprint density at radius 3 is 2.69 bits per heavy atom. The first-order valence-corrected chi connectivity index (χ1v) is 11.0. The molecule has 0 bridgehead atoms. The fourth-order valence-corrected chi connectivity index (χ4v) is 7.78. The Hall–Kier alpha value is -1.33. The Labute approximate surface area is 171 Å². The third-order valence-electron chi connectivity index (χ3n) is 9.38. The quantitative estimate of drug-likeness (QED) is 0.716. The summed E-state index contributed by atoms with van der Waals surface area (Å²) in [6, 6.07) is 1.56. The molecule has 5 heteroatoms. The summed E-state index contributed by atoms with van der Waals surface area (Å²) in [7, 11) is 0. The minimum atomic E-state index is -1.43. The summed E-state index contributed by atoms with van der Waals surface area (Å²) in [6.07, 6.45) is 7.80. The van der Waals surface area contributed by atoms with E-state index in [1.807, 2.05) is 0 Å². The third kappa shape index (κ3) is 2.56. The van der Waals surface area contributed by atoms with Gasteiger partial charge in [-0.25, -0.2) is 8.78 Å². The number of aliphatic hydroxyl groups is 2. The molecule has 1 aromatic heterocycles. The van der Waals surface area contributed by atoms with Gasteiger partial charge in [0.05, 0.1) is 12.3 Å². The maximum atomic E-state index is 15.5. The number of allylic oxidation sites excluding steroid dienone is 2. The van der Waals surface area contributed by atoms with E-state index < -0.39 is 23.3 Å². The zero-order chi connectivity index (χ0) is 20.6. The molecule has 3 saturated carbocycles. The lowest BCUT2D eigenvalue weighted by Crippen LogP contribution is -2.67. The Morgan fingerprint density at radius 1 is 1.14 bits per heavy atom. The smallest absolute Gasteiger partial charge is 0.142 e. The summed E-state index contributed by atoms with van der Waals surface area (Å²) in [4.78, 5) is 4.04. The third-order valence-corrected chi connectivity index (χ3v) is 9.38. The monoisotopic (exact) mass is 403 g/mol. The van der Waals surface area contributed by atoms with E-state index in [1.54, 1.807) is 12.3 Å². The lowest BCUT2D eigenvalue weighted by atomic mass is 9.42. The molecule has 0 aromatic carbocycles. The summed E-state index contributed by atoms with van der Waals surface area (Å²) in [5.74, 6) is 0.415. The van der Waals surface area contributed by atoms with Gasteiger partial charge in [-0.15, -0.1) is 0 Å². The standard InChI is InChI=1S/C24H31F2NO2/c1-22-7-6-20-17(10-21(26)24(29)11-16(28)5-8-23(20,24)2)19(22)4-3-18(22)14-9-15(25)13-27-12-14/h3,9,12-13,16-17,19-21,28-29H,4-8,10-11H2,1-2H3/t16-,17-,19-,20-,21?,22+,23+,24?/m0/s1. The summed E-state index contributed by atoms with van der Waals surface area (Å²) in [5.41, 5.74) is -0.0611. The number of pyridine rings is 1. The zero-order valence-electron chi connectivity index (χ0n) is 17.2. The highest BCUT2D eigenvalue weighted by atomic mass is 19.1. The Bertz CT molecular complexity index is 859. The number of nitrogens with zero attached hydrogens (tertiary/aromatic N) is 1. The molecule has 0 aliphatic heterocycles. The van der Waals surface area contributed by atoms with Crippen molar-refractivity contribution in [3.05, 3.63) is 35.9 Å². The Kier molecular flexibility index (Phi) is 4.29. The van der Waals surface area contributed by atoms with Gasteiger partial charge in [0.1, 0.15) is 17.6 Å². The van der Waals surface area contributed by atoms with E-state index in [4.69, 9.17) is 0 Å². The number of rotatable bonds is 1. The number of aliphatic hydroxyl groups excluding tert-OH is 1. The average Bonchev–Trinajstić information content (AvgIpc) is 3.02. The van der Waals surface area contributed by atoms with Gasteiger partial charge < -0.3 is 10.2 Å². The molecule has 0 radical (unpaired) electrons. The van der Waals surface area contributed by atoms with Crippen molar-refractivity contribution in [3.8, 4) is 0 Å². The second-order valence-electron chi connectivity index (χ2n) is 10.5. The number of aromatic nitrogens is 1. The van der Waals surface area contributed by atoms with E-state index in [9.17, 15) is 14.6 Å². The van der Waals surface area contributed by atoms with Crippen molar-refractivity contribution in [2.75, 3.05) is 0 Å². The summed E-state index contributed by atoms with van der Waals surface area (Å²) in [5, 5.41) is 21.5. The van der Waals surface area contributed by atoms with Gasteiger partial charge in [0.15, 0.2) is 0 Å². The molecule has 3 nitrogen and oxygen atoms in total. The molecule has 4 aliphatic rings. The number of alkyl halides is 1. The SMILES string of the molecule is C[C@]12CC[C@H]3[C@@H](CC(F)C4(O)C[C@@H](O)CC[C@]34C)[C@@H]1CC=C2c1cncc(F)c1. The van der Waals surface area contributed by atoms with Gasteiger partial charge in [0, 0.05) is 18.0 Å². The molecule has 3 fully saturated rings. The Morgan fingerprint density at radius 2 is 1.93 bits per heavy atom. The first-order chi connectivity index (χ1) is 13.7. The van der Waals surface area contributed by atoms with Gasteiger partial charge in [-0.3, -0.25) is 4.98 Å². The van der Waals surface area contributed by atoms with Crippen LogP contribution >= 0.6 is 0 Å². The molecule has 158 valence electrons. The van der Waals surface area contributed by atoms with Gasteiger partial charge in [0.25, 0.3) is 0 Å². The number of hydrogen-bond donors (Lipinski definition) is 2. The Balaban J connectivity index is 1.49. The number of hydrogen-bond acceptors (Lipinski definition) is 3. The van der Waals surface area contributed by atoms with Crippen molar-refractivity contribution in [2.45, 2.75) is 76.7 Å². The van der Waals surface area contributed by atoms with Crippen LogP contribution in [-0.2, 0) is 0 Å². The van der Waals surface area contributed by atoms with Crippen LogP contribution < -0.4 is 0 Å². The lowest BCUT2D eigenvalue weighted by molar-refractivity contribution is -0.246. The fourth-order valence-electron chi connectivity index (χ4n) is 7.78. The van der Waals surface area contributed by atoms with Crippen LogP contribution in [0.3, 0.4) is 0 Å². The highest BCUT2D eigenvalue weighted by Crippen LogP contribution is 2.68. The van der Waals surface area contributed by atoms with Crippen LogP contribution in [0.1, 0.15) is 64.4 Å². The molecular formula is C24H31F2NO2. The molecule has 1 heterocycles. The van der Waals surface area contributed by atoms with Gasteiger partial charge in [-0.1, -0.05) is 19.9 Å². The zero-order valence-corrected chi connectivity index (χ0v) is 17.2. The van der Waals surface area contributed by atoms with Crippen LogP contribution in [0.4, 0.5) is 8.78 Å². The molecule has 1 aromatic rings. The minimum absolute atomic E-state index is 0.115. The molecule has 0 amide bonds. The van der Waals surface area contributed by atoms with Crippen molar-refractivity contribution >= 4 is 5.57 Å². The molecule has 5 rings (SSSR count). The lowest BCUT2D eigenvalue weighted by Gasteiger charge is -2.64. The summed E-state index contributed by atoms with van der Waals surface area (Å²) >= 11 is 0. The van der Waals surface area contributed by atoms with Crippen molar-refractivity contribution in [3.63, 3.8) is 0 Å². The second-order valence-corrected chi connectivity index (χ2v) is 10.5. The van der Waals surface area contributed by atoms with E-state index in [-0.39, 0.29) is 29.5 Å². The maximum Gasteiger partial charge on any atom is 0.142 e. The fraction of sp³-hybridized carbons (Fsp3) is 0.708. The number of halogens is 2. The number of fused-ring (bicyclic) bond motifs is 5. The molecule has 29 heavy (non-hydrogen) atoms. The van der Waals surface area contributed by atoms with E-state index in [2.05, 4.69) is 24.9 Å². The second kappa shape index (κ2) is 6.34. The predicted octanol–water partition coefficient (Wildman–Crippen LogP) is 4.68. The van der Waals surface area contributed by atoms with E-state index in [1.165, 1.54) is 6.20 Å². The largest absolute Gasteiger partial charge is 0.393 e. The van der Waals surface area contributed by atoms with Crippen molar-refractivity contribution in [1.29, 1.82) is 0 Å². The highest BCUT2D eigenvalue weighted by molar-refractivity contribution is 5.72.